The first-order valence-electron chi connectivity index (χ1n) is 13.3. The molecule has 3 N–H and O–H groups in total. The molecule has 4 heterocycles. The number of amides is 1. The van der Waals surface area contributed by atoms with E-state index in [9.17, 15) is 9.90 Å². The van der Waals surface area contributed by atoms with Gasteiger partial charge in [0, 0.05) is 50.1 Å². The number of benzene rings is 1. The summed E-state index contributed by atoms with van der Waals surface area (Å²) in [4.78, 5) is 24.4. The number of carbonyl (C=O) groups is 1. The van der Waals surface area contributed by atoms with Crippen LogP contribution >= 0.6 is 0 Å². The summed E-state index contributed by atoms with van der Waals surface area (Å²) in [5.74, 6) is 0.386. The number of aliphatic hydroxyl groups excluding tert-OH is 1. The summed E-state index contributed by atoms with van der Waals surface area (Å²) in [6, 6.07) is 7.68. The van der Waals surface area contributed by atoms with Crippen LogP contribution in [-0.2, 0) is 18.9 Å². The van der Waals surface area contributed by atoms with E-state index in [0.717, 1.165) is 41.0 Å². The number of carbonyl (C=O) groups excluding carboxylic acids is 1. The summed E-state index contributed by atoms with van der Waals surface area (Å²) >= 11 is 0. The van der Waals surface area contributed by atoms with Crippen molar-refractivity contribution in [1.29, 1.82) is 0 Å². The topological polar surface area (TPSA) is 147 Å². The third-order valence-electron chi connectivity index (χ3n) is 6.66. The number of anilines is 2. The first-order chi connectivity index (χ1) is 19.0. The molecule has 210 valence electrons. The number of hydrogen-bond acceptors (Lipinski definition) is 10. The van der Waals surface area contributed by atoms with Gasteiger partial charge in [0.25, 0.3) is 0 Å². The van der Waals surface area contributed by atoms with Crippen molar-refractivity contribution in [2.24, 2.45) is 7.05 Å². The van der Waals surface area contributed by atoms with Gasteiger partial charge in [-0.05, 0) is 36.6 Å². The second-order valence-electron chi connectivity index (χ2n) is 11.3. The lowest BCUT2D eigenvalue weighted by atomic mass is 9.96. The zero-order chi connectivity index (χ0) is 28.4. The van der Waals surface area contributed by atoms with E-state index in [1.807, 2.05) is 52.2 Å². The summed E-state index contributed by atoms with van der Waals surface area (Å²) < 4.78 is 7.39. The Bertz CT molecular complexity index is 1490. The lowest BCUT2D eigenvalue weighted by Gasteiger charge is -2.26. The number of hydrogen-bond donors (Lipinski definition) is 3. The van der Waals surface area contributed by atoms with Gasteiger partial charge in [0.1, 0.15) is 0 Å². The number of rotatable bonds is 7. The highest BCUT2D eigenvalue weighted by Gasteiger charge is 2.29. The van der Waals surface area contributed by atoms with Crippen molar-refractivity contribution < 1.29 is 14.3 Å². The molecule has 1 aromatic carbocycles. The Labute approximate surface area is 232 Å². The molecule has 0 fully saturated rings. The number of nitrogens with zero attached hydrogens (tertiary/aromatic N) is 7. The molecule has 0 saturated heterocycles. The van der Waals surface area contributed by atoms with E-state index < -0.39 is 12.0 Å². The summed E-state index contributed by atoms with van der Waals surface area (Å²) in [6.45, 7) is 9.38. The highest BCUT2D eigenvalue weighted by atomic mass is 16.4. The van der Waals surface area contributed by atoms with Crippen molar-refractivity contribution in [2.45, 2.75) is 51.7 Å². The van der Waals surface area contributed by atoms with Crippen molar-refractivity contribution in [3.63, 3.8) is 0 Å². The Hall–Kier alpha value is -4.16. The van der Waals surface area contributed by atoms with Crippen LogP contribution in [0, 0.1) is 0 Å². The number of fused-ring (bicyclic) bond motifs is 1. The number of aryl methyl sites for hydroxylation is 1. The Kier molecular flexibility index (Phi) is 7.63. The first kappa shape index (κ1) is 27.4. The molecule has 0 saturated carbocycles. The molecule has 1 aliphatic heterocycles. The fraction of sp³-hybridized carbons (Fsp3) is 0.429. The van der Waals surface area contributed by atoms with Gasteiger partial charge >= 0.3 is 11.8 Å². The Balaban J connectivity index is 1.41. The maximum absolute atomic E-state index is 13.2. The van der Waals surface area contributed by atoms with Crippen molar-refractivity contribution in [2.75, 3.05) is 25.0 Å². The minimum absolute atomic E-state index is 0.0657. The van der Waals surface area contributed by atoms with E-state index in [0.29, 0.717) is 24.9 Å². The number of nitrogens with one attached hydrogen (secondary N) is 2. The fourth-order valence-electron chi connectivity index (χ4n) is 4.74. The van der Waals surface area contributed by atoms with Crippen molar-refractivity contribution >= 4 is 17.5 Å². The van der Waals surface area contributed by atoms with Crippen LogP contribution in [0.1, 0.15) is 61.4 Å². The standard InChI is InChI=1S/C28H35N9O3/c1-17(38)14-37-11-9-18-12-19(22-8-10-29-27(33-22)31-20-13-30-36(5)15-20)6-7-21(18)23(16-37)32-24(39)25-34-35-26(40-25)28(2,3)4/h6-8,10,12-13,15,17,23,38H,9,11,14,16H2,1-5H3,(H,32,39)(H,29,31,33)/t17-,23+/m1/s1. The zero-order valence-electron chi connectivity index (χ0n) is 23.4. The monoisotopic (exact) mass is 545 g/mol. The summed E-state index contributed by atoms with van der Waals surface area (Å²) in [5, 5.41) is 28.6. The van der Waals surface area contributed by atoms with Gasteiger partial charge in [0.05, 0.1) is 29.7 Å². The minimum Gasteiger partial charge on any atom is -0.416 e. The van der Waals surface area contributed by atoms with Crippen molar-refractivity contribution in [3.8, 4) is 11.3 Å². The van der Waals surface area contributed by atoms with Crippen LogP contribution in [0.4, 0.5) is 11.6 Å². The summed E-state index contributed by atoms with van der Waals surface area (Å²) in [7, 11) is 1.85. The van der Waals surface area contributed by atoms with Crippen LogP contribution in [0.5, 0.6) is 0 Å². The molecule has 0 aliphatic carbocycles. The van der Waals surface area contributed by atoms with Crippen LogP contribution in [0.2, 0.25) is 0 Å². The molecule has 0 unspecified atom stereocenters. The van der Waals surface area contributed by atoms with Gasteiger partial charge in [0.15, 0.2) is 0 Å². The van der Waals surface area contributed by atoms with Crippen molar-refractivity contribution in [3.05, 3.63) is 65.8 Å². The average molecular weight is 546 g/mol. The van der Waals surface area contributed by atoms with Crippen LogP contribution in [0.15, 0.2) is 47.3 Å². The van der Waals surface area contributed by atoms with Gasteiger partial charge in [-0.2, -0.15) is 5.10 Å². The third kappa shape index (κ3) is 6.35. The highest BCUT2D eigenvalue weighted by Crippen LogP contribution is 2.30. The van der Waals surface area contributed by atoms with E-state index in [2.05, 4.69) is 41.9 Å². The first-order valence-corrected chi connectivity index (χ1v) is 13.3. The van der Waals surface area contributed by atoms with Gasteiger partial charge in [-0.1, -0.05) is 32.9 Å². The molecule has 2 atom stereocenters. The molecule has 40 heavy (non-hydrogen) atoms. The van der Waals surface area contributed by atoms with E-state index in [-0.39, 0.29) is 17.3 Å². The van der Waals surface area contributed by atoms with Gasteiger partial charge < -0.3 is 20.2 Å². The maximum atomic E-state index is 13.2. The number of aliphatic hydroxyl groups is 1. The lowest BCUT2D eigenvalue weighted by Crippen LogP contribution is -2.40. The van der Waals surface area contributed by atoms with E-state index in [4.69, 9.17) is 9.40 Å². The van der Waals surface area contributed by atoms with Gasteiger partial charge in [0.2, 0.25) is 11.8 Å². The quantitative estimate of drug-likeness (QED) is 0.317. The van der Waals surface area contributed by atoms with Crippen molar-refractivity contribution in [1.82, 2.24) is 40.2 Å². The predicted octanol–water partition coefficient (Wildman–Crippen LogP) is 3.01. The van der Waals surface area contributed by atoms with Crippen LogP contribution in [0.25, 0.3) is 11.3 Å². The molecule has 12 heteroatoms. The summed E-state index contributed by atoms with van der Waals surface area (Å²) in [6.07, 6.45) is 5.54. The predicted molar refractivity (Wildman–Crippen MR) is 149 cm³/mol. The molecule has 5 rings (SSSR count). The normalized spacial score (nSPS) is 16.7. The second-order valence-corrected chi connectivity index (χ2v) is 11.3. The SMILES string of the molecule is C[C@@H](O)CN1CCc2cc(-c3ccnc(Nc4cnn(C)c4)n3)ccc2[C@@H](NC(=O)c2nnc(C(C)(C)C)o2)C1. The van der Waals surface area contributed by atoms with Gasteiger partial charge in [-0.15, -0.1) is 10.2 Å². The van der Waals surface area contributed by atoms with E-state index in [1.54, 1.807) is 24.0 Å². The molecule has 1 aliphatic rings. The van der Waals surface area contributed by atoms with Crippen LogP contribution < -0.4 is 10.6 Å². The molecule has 1 amide bonds. The smallest absolute Gasteiger partial charge is 0.309 e. The average Bonchev–Trinajstić information content (AvgIpc) is 3.52. The Morgan fingerprint density at radius 1 is 1.25 bits per heavy atom. The van der Waals surface area contributed by atoms with E-state index >= 15 is 0 Å². The Morgan fingerprint density at radius 3 is 2.77 bits per heavy atom. The number of β-amino-alcohol motifs (C(OH)–C–C–N with tert-alkyl or cyclic N) is 1. The lowest BCUT2D eigenvalue weighted by molar-refractivity contribution is 0.0871. The molecular weight excluding hydrogens is 510 g/mol. The van der Waals surface area contributed by atoms with Gasteiger partial charge in [-0.3, -0.25) is 14.4 Å². The Morgan fingerprint density at radius 2 is 2.08 bits per heavy atom. The molecular formula is C28H35N9O3. The summed E-state index contributed by atoms with van der Waals surface area (Å²) in [5.41, 5.74) is 4.25. The highest BCUT2D eigenvalue weighted by molar-refractivity contribution is 5.89. The van der Waals surface area contributed by atoms with Crippen LogP contribution in [0.3, 0.4) is 0 Å². The zero-order valence-corrected chi connectivity index (χ0v) is 23.4. The second kappa shape index (κ2) is 11.1. The largest absolute Gasteiger partial charge is 0.416 e. The maximum Gasteiger partial charge on any atom is 0.309 e. The minimum atomic E-state index is -0.495. The number of aromatic nitrogens is 6. The van der Waals surface area contributed by atoms with E-state index in [1.165, 1.54) is 0 Å². The third-order valence-corrected chi connectivity index (χ3v) is 6.66. The molecule has 3 aromatic heterocycles. The van der Waals surface area contributed by atoms with Crippen LogP contribution in [-0.4, -0.2) is 71.6 Å². The molecule has 4 aromatic rings. The molecule has 0 spiro atoms. The molecule has 0 radical (unpaired) electrons. The fourth-order valence-corrected chi connectivity index (χ4v) is 4.74. The molecule has 0 bridgehead atoms. The molecule has 12 nitrogen and oxygen atoms in total. The van der Waals surface area contributed by atoms with Gasteiger partial charge in [-0.25, -0.2) is 9.97 Å².